The van der Waals surface area contributed by atoms with Crippen molar-refractivity contribution in [2.45, 2.75) is 11.8 Å². The number of hydrogen-bond acceptors (Lipinski definition) is 3. The van der Waals surface area contributed by atoms with Gasteiger partial charge in [0.05, 0.1) is 12.8 Å². The lowest BCUT2D eigenvalue weighted by atomic mass is 10.2. The van der Waals surface area contributed by atoms with Gasteiger partial charge in [-0.25, -0.2) is 12.8 Å². The van der Waals surface area contributed by atoms with Gasteiger partial charge in [0, 0.05) is 4.47 Å². The van der Waals surface area contributed by atoms with E-state index in [1.165, 1.54) is 25.3 Å². The van der Waals surface area contributed by atoms with Crippen molar-refractivity contribution in [3.63, 3.8) is 0 Å². The summed E-state index contributed by atoms with van der Waals surface area (Å²) in [4.78, 5) is -0.408. The molecule has 7 heteroatoms. The van der Waals surface area contributed by atoms with Gasteiger partial charge in [-0.05, 0) is 36.8 Å². The first-order valence-corrected chi connectivity index (χ1v) is 8.24. The summed E-state index contributed by atoms with van der Waals surface area (Å²) in [7, 11) is -2.60. The lowest BCUT2D eigenvalue weighted by molar-refractivity contribution is 0.416. The van der Waals surface area contributed by atoms with Gasteiger partial charge < -0.3 is 4.74 Å². The number of benzene rings is 2. The molecule has 0 amide bonds. The number of anilines is 1. The Hall–Kier alpha value is -1.60. The van der Waals surface area contributed by atoms with Crippen LogP contribution in [-0.2, 0) is 10.0 Å². The monoisotopic (exact) mass is 373 g/mol. The predicted molar refractivity (Wildman–Crippen MR) is 82.6 cm³/mol. The molecule has 0 unspecified atom stereocenters. The maximum atomic E-state index is 13.7. The molecule has 0 aliphatic rings. The minimum absolute atomic E-state index is 0.281. The molecule has 0 fully saturated rings. The van der Waals surface area contributed by atoms with Gasteiger partial charge in [-0.1, -0.05) is 28.1 Å². The molecule has 0 aliphatic heterocycles. The van der Waals surface area contributed by atoms with Crippen LogP contribution in [-0.4, -0.2) is 15.5 Å². The first-order valence-electron chi connectivity index (χ1n) is 5.96. The Labute approximate surface area is 131 Å². The second-order valence-corrected chi connectivity index (χ2v) is 6.90. The molecule has 0 spiro atoms. The first kappa shape index (κ1) is 15.8. The van der Waals surface area contributed by atoms with E-state index in [4.69, 9.17) is 4.74 Å². The minimum Gasteiger partial charge on any atom is -0.495 e. The summed E-state index contributed by atoms with van der Waals surface area (Å²) in [5.41, 5.74) is 0.935. The van der Waals surface area contributed by atoms with Crippen molar-refractivity contribution in [2.75, 3.05) is 11.8 Å². The quantitative estimate of drug-likeness (QED) is 0.888. The largest absolute Gasteiger partial charge is 0.495 e. The fourth-order valence-corrected chi connectivity index (χ4v) is 3.63. The lowest BCUT2D eigenvalue weighted by Gasteiger charge is -2.15. The van der Waals surface area contributed by atoms with Crippen LogP contribution in [0.4, 0.5) is 10.1 Å². The van der Waals surface area contributed by atoms with Gasteiger partial charge in [-0.2, -0.15) is 0 Å². The van der Waals surface area contributed by atoms with Gasteiger partial charge in [0.25, 0.3) is 10.0 Å². The standard InChI is InChI=1S/C14H13BrFNO3S/c1-9-7-10(15)8-12(20-2)14(9)17-21(18,19)13-6-4-3-5-11(13)16/h3-8,17H,1-2H3. The highest BCUT2D eigenvalue weighted by Crippen LogP contribution is 2.33. The molecule has 0 heterocycles. The van der Waals surface area contributed by atoms with Crippen molar-refractivity contribution in [1.29, 1.82) is 0 Å². The van der Waals surface area contributed by atoms with Crippen LogP contribution in [0.2, 0.25) is 0 Å². The molecule has 0 bridgehead atoms. The molecular weight excluding hydrogens is 361 g/mol. The molecular formula is C14H13BrFNO3S. The maximum Gasteiger partial charge on any atom is 0.264 e. The highest BCUT2D eigenvalue weighted by molar-refractivity contribution is 9.10. The van der Waals surface area contributed by atoms with Crippen LogP contribution in [0.3, 0.4) is 0 Å². The molecule has 0 aliphatic carbocycles. The van der Waals surface area contributed by atoms with Crippen molar-refractivity contribution >= 4 is 31.6 Å². The Morgan fingerprint density at radius 3 is 2.52 bits per heavy atom. The SMILES string of the molecule is COc1cc(Br)cc(C)c1NS(=O)(=O)c1ccccc1F. The zero-order valence-corrected chi connectivity index (χ0v) is 13.8. The Balaban J connectivity index is 2.50. The summed E-state index contributed by atoms with van der Waals surface area (Å²) in [6.45, 7) is 1.73. The molecule has 2 aromatic carbocycles. The minimum atomic E-state index is -4.03. The summed E-state index contributed by atoms with van der Waals surface area (Å²) in [6, 6.07) is 8.57. The van der Waals surface area contributed by atoms with Crippen molar-refractivity contribution in [2.24, 2.45) is 0 Å². The third kappa shape index (κ3) is 3.36. The fourth-order valence-electron chi connectivity index (χ4n) is 1.86. The van der Waals surface area contributed by atoms with Crippen LogP contribution in [0.1, 0.15) is 5.56 Å². The third-order valence-electron chi connectivity index (χ3n) is 2.85. The molecule has 0 aromatic heterocycles. The first-order chi connectivity index (χ1) is 9.85. The molecule has 0 saturated heterocycles. The van der Waals surface area contributed by atoms with Gasteiger partial charge >= 0.3 is 0 Å². The third-order valence-corrected chi connectivity index (χ3v) is 4.69. The van der Waals surface area contributed by atoms with Crippen LogP contribution < -0.4 is 9.46 Å². The van der Waals surface area contributed by atoms with Gasteiger partial charge in [0.2, 0.25) is 0 Å². The zero-order valence-electron chi connectivity index (χ0n) is 11.4. The van der Waals surface area contributed by atoms with Crippen LogP contribution >= 0.6 is 15.9 Å². The van der Waals surface area contributed by atoms with E-state index in [9.17, 15) is 12.8 Å². The van der Waals surface area contributed by atoms with E-state index in [-0.39, 0.29) is 5.69 Å². The molecule has 4 nitrogen and oxygen atoms in total. The summed E-state index contributed by atoms with van der Waals surface area (Å²) < 4.78 is 46.6. The highest BCUT2D eigenvalue weighted by atomic mass is 79.9. The number of aryl methyl sites for hydroxylation is 1. The Morgan fingerprint density at radius 1 is 1.24 bits per heavy atom. The molecule has 2 aromatic rings. The summed E-state index contributed by atoms with van der Waals surface area (Å²) >= 11 is 3.31. The molecule has 21 heavy (non-hydrogen) atoms. The van der Waals surface area contributed by atoms with Gasteiger partial charge in [-0.3, -0.25) is 4.72 Å². The van der Waals surface area contributed by atoms with Crippen LogP contribution in [0.15, 0.2) is 45.8 Å². The molecule has 0 radical (unpaired) electrons. The van der Waals surface area contributed by atoms with E-state index >= 15 is 0 Å². The van der Waals surface area contributed by atoms with E-state index in [1.807, 2.05) is 0 Å². The van der Waals surface area contributed by atoms with Gasteiger partial charge in [0.1, 0.15) is 16.5 Å². The van der Waals surface area contributed by atoms with E-state index in [1.54, 1.807) is 19.1 Å². The number of hydrogen-bond donors (Lipinski definition) is 1. The Kier molecular flexibility index (Phi) is 4.53. The van der Waals surface area contributed by atoms with E-state index in [0.717, 1.165) is 10.5 Å². The lowest BCUT2D eigenvalue weighted by Crippen LogP contribution is -2.16. The van der Waals surface area contributed by atoms with E-state index in [0.29, 0.717) is 11.3 Å². The number of methoxy groups -OCH3 is 1. The second-order valence-electron chi connectivity index (χ2n) is 4.34. The fraction of sp³-hybridized carbons (Fsp3) is 0.143. The van der Waals surface area contributed by atoms with Crippen molar-refractivity contribution in [3.05, 3.63) is 52.3 Å². The Morgan fingerprint density at radius 2 is 1.90 bits per heavy atom. The average molecular weight is 374 g/mol. The molecule has 2 rings (SSSR count). The van der Waals surface area contributed by atoms with E-state index in [2.05, 4.69) is 20.7 Å². The number of ether oxygens (including phenoxy) is 1. The van der Waals surface area contributed by atoms with Gasteiger partial charge in [-0.15, -0.1) is 0 Å². The highest BCUT2D eigenvalue weighted by Gasteiger charge is 2.21. The second kappa shape index (κ2) is 6.03. The van der Waals surface area contributed by atoms with E-state index < -0.39 is 20.7 Å². The molecule has 0 atom stereocenters. The summed E-state index contributed by atoms with van der Waals surface area (Å²) in [5.74, 6) is -0.458. The van der Waals surface area contributed by atoms with Crippen molar-refractivity contribution < 1.29 is 17.5 Å². The molecule has 112 valence electrons. The average Bonchev–Trinajstić information content (AvgIpc) is 2.41. The zero-order chi connectivity index (χ0) is 15.6. The number of rotatable bonds is 4. The molecule has 1 N–H and O–H groups in total. The molecule has 0 saturated carbocycles. The van der Waals surface area contributed by atoms with Crippen LogP contribution in [0.5, 0.6) is 5.75 Å². The normalized spacial score (nSPS) is 11.2. The van der Waals surface area contributed by atoms with Crippen molar-refractivity contribution in [3.8, 4) is 5.75 Å². The number of sulfonamides is 1. The number of nitrogens with one attached hydrogen (secondary N) is 1. The maximum absolute atomic E-state index is 13.7. The van der Waals surface area contributed by atoms with Crippen molar-refractivity contribution in [1.82, 2.24) is 0 Å². The summed E-state index contributed by atoms with van der Waals surface area (Å²) in [6.07, 6.45) is 0. The van der Waals surface area contributed by atoms with Crippen LogP contribution in [0.25, 0.3) is 0 Å². The topological polar surface area (TPSA) is 55.4 Å². The smallest absolute Gasteiger partial charge is 0.264 e. The van der Waals surface area contributed by atoms with Crippen LogP contribution in [0, 0.1) is 12.7 Å². The van der Waals surface area contributed by atoms with Gasteiger partial charge in [0.15, 0.2) is 0 Å². The number of halogens is 2. The predicted octanol–water partition coefficient (Wildman–Crippen LogP) is 3.71. The Bertz CT molecular complexity index is 778. The summed E-state index contributed by atoms with van der Waals surface area (Å²) in [5, 5.41) is 0.